The van der Waals surface area contributed by atoms with Crippen LogP contribution in [0.15, 0.2) is 17.5 Å². The highest BCUT2D eigenvalue weighted by atomic mass is 32.1. The molecule has 1 N–H and O–H groups in total. The molecule has 3 rings (SSSR count). The van der Waals surface area contributed by atoms with Crippen molar-refractivity contribution < 1.29 is 19.1 Å². The van der Waals surface area contributed by atoms with E-state index in [9.17, 15) is 14.4 Å². The van der Waals surface area contributed by atoms with Crippen molar-refractivity contribution >= 4 is 29.1 Å². The molecule has 0 saturated carbocycles. The average molecular weight is 365 g/mol. The number of thiophene rings is 1. The zero-order valence-electron chi connectivity index (χ0n) is 14.3. The minimum Gasteiger partial charge on any atom is -0.467 e. The molecule has 136 valence electrons. The number of rotatable bonds is 3. The van der Waals surface area contributed by atoms with Crippen molar-refractivity contribution in [3.8, 4) is 0 Å². The molecular weight excluding hydrogens is 342 g/mol. The number of piperazine rings is 1. The quantitative estimate of drug-likeness (QED) is 0.793. The average Bonchev–Trinajstić information content (AvgIpc) is 3.21. The molecule has 2 aliphatic heterocycles. The third-order valence-corrected chi connectivity index (χ3v) is 5.70. The molecule has 8 heteroatoms. The molecule has 0 aromatic carbocycles. The molecule has 1 aromatic heterocycles. The van der Waals surface area contributed by atoms with Gasteiger partial charge < -0.3 is 19.9 Å². The van der Waals surface area contributed by atoms with Gasteiger partial charge in [0.15, 0.2) is 0 Å². The summed E-state index contributed by atoms with van der Waals surface area (Å²) in [5.74, 6) is -0.579. The first-order valence-electron chi connectivity index (χ1n) is 8.53. The summed E-state index contributed by atoms with van der Waals surface area (Å²) in [5, 5.41) is 5.08. The molecule has 0 spiro atoms. The minimum absolute atomic E-state index is 0.000838. The van der Waals surface area contributed by atoms with Crippen molar-refractivity contribution in [1.29, 1.82) is 0 Å². The van der Waals surface area contributed by atoms with Gasteiger partial charge in [0.25, 0.3) is 5.91 Å². The van der Waals surface area contributed by atoms with E-state index in [-0.39, 0.29) is 24.3 Å². The van der Waals surface area contributed by atoms with E-state index in [0.29, 0.717) is 18.0 Å². The summed E-state index contributed by atoms with van der Waals surface area (Å²) in [4.78, 5) is 41.5. The number of piperidine rings is 1. The van der Waals surface area contributed by atoms with E-state index in [2.05, 4.69) is 5.32 Å². The van der Waals surface area contributed by atoms with Crippen LogP contribution in [0.1, 0.15) is 22.5 Å². The topological polar surface area (TPSA) is 79.0 Å². The number of carbonyl (C=O) groups excluding carboxylic acids is 3. The predicted octanol–water partition coefficient (Wildman–Crippen LogP) is 0.574. The Hall–Kier alpha value is -1.93. The highest BCUT2D eigenvalue weighted by Gasteiger charge is 2.39. The fourth-order valence-corrected chi connectivity index (χ4v) is 4.11. The number of nitrogens with one attached hydrogen (secondary N) is 1. The first-order valence-corrected chi connectivity index (χ1v) is 9.41. The van der Waals surface area contributed by atoms with E-state index in [1.165, 1.54) is 23.3 Å². The Kier molecular flexibility index (Phi) is 5.70. The molecule has 2 fully saturated rings. The summed E-state index contributed by atoms with van der Waals surface area (Å²) in [6.45, 7) is 2.68. The van der Waals surface area contributed by atoms with Crippen LogP contribution in [0.3, 0.4) is 0 Å². The lowest BCUT2D eigenvalue weighted by molar-refractivity contribution is -0.151. The predicted molar refractivity (Wildman–Crippen MR) is 93.3 cm³/mol. The zero-order valence-corrected chi connectivity index (χ0v) is 15.1. The monoisotopic (exact) mass is 365 g/mol. The van der Waals surface area contributed by atoms with Gasteiger partial charge in [-0.25, -0.2) is 4.79 Å². The molecule has 25 heavy (non-hydrogen) atoms. The molecule has 2 amide bonds. The Morgan fingerprint density at radius 3 is 2.64 bits per heavy atom. The summed E-state index contributed by atoms with van der Waals surface area (Å²) < 4.78 is 4.88. The Bertz CT molecular complexity index is 628. The highest BCUT2D eigenvalue weighted by molar-refractivity contribution is 7.12. The Balaban J connectivity index is 1.72. The van der Waals surface area contributed by atoms with Gasteiger partial charge in [-0.3, -0.25) is 9.59 Å². The standard InChI is InChI=1S/C17H23N3O4S/c1-24-17(23)13-11-19(15(21)12-4-6-18-7-5-12)8-9-20(13)16(22)14-3-2-10-25-14/h2-3,10,12-13,18H,4-9,11H2,1H3/t13-/m1/s1. The maximum Gasteiger partial charge on any atom is 0.330 e. The maximum atomic E-state index is 12.8. The lowest BCUT2D eigenvalue weighted by Crippen LogP contribution is -2.60. The maximum absolute atomic E-state index is 12.8. The van der Waals surface area contributed by atoms with Crippen molar-refractivity contribution in [2.75, 3.05) is 39.8 Å². The van der Waals surface area contributed by atoms with Gasteiger partial charge in [-0.05, 0) is 37.4 Å². The molecule has 3 heterocycles. The molecule has 2 aliphatic rings. The second-order valence-electron chi connectivity index (χ2n) is 6.32. The van der Waals surface area contributed by atoms with E-state index in [1.807, 2.05) is 11.4 Å². The summed E-state index contributed by atoms with van der Waals surface area (Å²) in [5.41, 5.74) is 0. The first kappa shape index (κ1) is 17.9. The molecule has 2 saturated heterocycles. The van der Waals surface area contributed by atoms with Crippen LogP contribution in [-0.2, 0) is 14.3 Å². The van der Waals surface area contributed by atoms with Crippen molar-refractivity contribution in [2.24, 2.45) is 5.92 Å². The number of ether oxygens (including phenoxy) is 1. The minimum atomic E-state index is -0.751. The van der Waals surface area contributed by atoms with E-state index in [1.54, 1.807) is 11.0 Å². The third kappa shape index (κ3) is 3.85. The van der Waals surface area contributed by atoms with Crippen LogP contribution >= 0.6 is 11.3 Å². The number of amides is 2. The summed E-state index contributed by atoms with van der Waals surface area (Å²) in [6.07, 6.45) is 1.63. The fraction of sp³-hybridized carbons (Fsp3) is 0.588. The molecule has 0 radical (unpaired) electrons. The van der Waals surface area contributed by atoms with E-state index >= 15 is 0 Å². The van der Waals surface area contributed by atoms with Crippen LogP contribution in [0.2, 0.25) is 0 Å². The van der Waals surface area contributed by atoms with Crippen molar-refractivity contribution in [2.45, 2.75) is 18.9 Å². The summed E-state index contributed by atoms with van der Waals surface area (Å²) in [6, 6.07) is 2.80. The first-order chi connectivity index (χ1) is 12.1. The van der Waals surface area contributed by atoms with Gasteiger partial charge in [-0.2, -0.15) is 0 Å². The van der Waals surface area contributed by atoms with Crippen LogP contribution in [-0.4, -0.2) is 73.5 Å². The molecule has 0 aliphatic carbocycles. The number of methoxy groups -OCH3 is 1. The summed E-state index contributed by atoms with van der Waals surface area (Å²) in [7, 11) is 1.31. The van der Waals surface area contributed by atoms with Gasteiger partial charge in [0.2, 0.25) is 5.91 Å². The second kappa shape index (κ2) is 7.97. The van der Waals surface area contributed by atoms with E-state index in [4.69, 9.17) is 4.74 Å². The van der Waals surface area contributed by atoms with Crippen LogP contribution in [0.5, 0.6) is 0 Å². The third-order valence-electron chi connectivity index (χ3n) is 4.85. The number of hydrogen-bond acceptors (Lipinski definition) is 6. The zero-order chi connectivity index (χ0) is 17.8. The smallest absolute Gasteiger partial charge is 0.330 e. The lowest BCUT2D eigenvalue weighted by Gasteiger charge is -2.41. The second-order valence-corrected chi connectivity index (χ2v) is 7.27. The SMILES string of the molecule is COC(=O)[C@H]1CN(C(=O)C2CCNCC2)CCN1C(=O)c1cccs1. The van der Waals surface area contributed by atoms with Gasteiger partial charge in [0.05, 0.1) is 18.5 Å². The molecule has 0 unspecified atom stereocenters. The number of carbonyl (C=O) groups is 3. The number of hydrogen-bond donors (Lipinski definition) is 1. The number of esters is 1. The van der Waals surface area contributed by atoms with Crippen LogP contribution in [0.4, 0.5) is 0 Å². The van der Waals surface area contributed by atoms with E-state index in [0.717, 1.165) is 25.9 Å². The molecular formula is C17H23N3O4S. The van der Waals surface area contributed by atoms with Crippen molar-refractivity contribution in [1.82, 2.24) is 15.1 Å². The lowest BCUT2D eigenvalue weighted by atomic mass is 9.95. The molecule has 0 bridgehead atoms. The largest absolute Gasteiger partial charge is 0.467 e. The van der Waals surface area contributed by atoms with E-state index < -0.39 is 12.0 Å². The summed E-state index contributed by atoms with van der Waals surface area (Å²) >= 11 is 1.35. The van der Waals surface area contributed by atoms with Crippen LogP contribution < -0.4 is 5.32 Å². The molecule has 7 nitrogen and oxygen atoms in total. The Morgan fingerprint density at radius 2 is 2.00 bits per heavy atom. The van der Waals surface area contributed by atoms with Gasteiger partial charge in [0.1, 0.15) is 6.04 Å². The molecule has 1 atom stereocenters. The number of nitrogens with zero attached hydrogens (tertiary/aromatic N) is 2. The fourth-order valence-electron chi connectivity index (χ4n) is 3.43. The Morgan fingerprint density at radius 1 is 1.24 bits per heavy atom. The van der Waals surface area contributed by atoms with Gasteiger partial charge in [-0.15, -0.1) is 11.3 Å². The Labute approximate surface area is 150 Å². The van der Waals surface area contributed by atoms with Crippen LogP contribution in [0, 0.1) is 5.92 Å². The van der Waals surface area contributed by atoms with Gasteiger partial charge >= 0.3 is 5.97 Å². The normalized spacial score (nSPS) is 21.9. The van der Waals surface area contributed by atoms with Gasteiger partial charge in [0, 0.05) is 19.0 Å². The van der Waals surface area contributed by atoms with Crippen LogP contribution in [0.25, 0.3) is 0 Å². The molecule has 1 aromatic rings. The van der Waals surface area contributed by atoms with Gasteiger partial charge in [-0.1, -0.05) is 6.07 Å². The van der Waals surface area contributed by atoms with Crippen molar-refractivity contribution in [3.05, 3.63) is 22.4 Å². The van der Waals surface area contributed by atoms with Crippen molar-refractivity contribution in [3.63, 3.8) is 0 Å². The highest BCUT2D eigenvalue weighted by Crippen LogP contribution is 2.22.